The molecule has 0 bridgehead atoms. The minimum Gasteiger partial charge on any atom is -0.324 e. The van der Waals surface area contributed by atoms with Gasteiger partial charge in [0.05, 0.1) is 12.1 Å². The van der Waals surface area contributed by atoms with Crippen LogP contribution in [0.3, 0.4) is 0 Å². The number of carbonyl (C=O) groups excluding carboxylic acids is 2. The van der Waals surface area contributed by atoms with Crippen LogP contribution < -0.4 is 16.0 Å². The number of rotatable bonds is 4. The summed E-state index contributed by atoms with van der Waals surface area (Å²) in [6, 6.07) is 13.2. The third kappa shape index (κ3) is 4.58. The lowest BCUT2D eigenvalue weighted by molar-refractivity contribution is -0.121. The van der Waals surface area contributed by atoms with E-state index in [2.05, 4.69) is 5.32 Å². The zero-order valence-electron chi connectivity index (χ0n) is 16.1. The lowest BCUT2D eigenvalue weighted by Gasteiger charge is -2.30. The standard InChI is InChI=1S/C22H24ClN3O2.ClH/c23-17-6-3-15(4-7-17)14-26-19-9-8-18(13-16(19)5-10-20(26)27)25-21(28)22(24)11-1-2-12-22;/h3-4,6-9,13H,1-2,5,10-12,14,24H2,(H,25,28);1H. The first-order valence-corrected chi connectivity index (χ1v) is 10.1. The lowest BCUT2D eigenvalue weighted by atomic mass is 9.97. The molecule has 2 aromatic carbocycles. The first kappa shape index (κ1) is 21.6. The highest BCUT2D eigenvalue weighted by atomic mass is 35.5. The minimum atomic E-state index is -0.757. The molecule has 2 aliphatic rings. The van der Waals surface area contributed by atoms with Crippen molar-refractivity contribution in [1.82, 2.24) is 0 Å². The van der Waals surface area contributed by atoms with Crippen molar-refractivity contribution in [2.24, 2.45) is 5.73 Å². The zero-order chi connectivity index (χ0) is 19.7. The van der Waals surface area contributed by atoms with E-state index in [1.807, 2.05) is 42.5 Å². The van der Waals surface area contributed by atoms with Gasteiger partial charge in [-0.3, -0.25) is 9.59 Å². The zero-order valence-corrected chi connectivity index (χ0v) is 17.7. The van der Waals surface area contributed by atoms with Crippen molar-refractivity contribution in [2.75, 3.05) is 10.2 Å². The molecule has 0 atom stereocenters. The Balaban J connectivity index is 0.00000240. The van der Waals surface area contributed by atoms with E-state index >= 15 is 0 Å². The first-order valence-electron chi connectivity index (χ1n) is 9.73. The van der Waals surface area contributed by atoms with Crippen molar-refractivity contribution in [3.8, 4) is 0 Å². The number of fused-ring (bicyclic) bond motifs is 1. The molecule has 4 rings (SSSR count). The molecule has 0 aromatic heterocycles. The number of hydrogen-bond acceptors (Lipinski definition) is 3. The van der Waals surface area contributed by atoms with E-state index in [1.165, 1.54) is 0 Å². The molecule has 1 aliphatic carbocycles. The van der Waals surface area contributed by atoms with Gasteiger partial charge in [0, 0.05) is 22.8 Å². The predicted octanol–water partition coefficient (Wildman–Crippen LogP) is 4.45. The van der Waals surface area contributed by atoms with Crippen LogP contribution in [0.15, 0.2) is 42.5 Å². The number of aryl methyl sites for hydroxylation is 1. The van der Waals surface area contributed by atoms with E-state index < -0.39 is 5.54 Å². The quantitative estimate of drug-likeness (QED) is 0.747. The summed E-state index contributed by atoms with van der Waals surface area (Å²) in [5.74, 6) is -0.0130. The second-order valence-corrected chi connectivity index (χ2v) is 8.20. The van der Waals surface area contributed by atoms with E-state index in [4.69, 9.17) is 17.3 Å². The number of amides is 2. The van der Waals surface area contributed by atoms with Gasteiger partial charge in [0.25, 0.3) is 0 Å². The molecule has 2 aromatic rings. The maximum Gasteiger partial charge on any atom is 0.244 e. The third-order valence-corrected chi connectivity index (χ3v) is 5.99. The molecule has 3 N–H and O–H groups in total. The van der Waals surface area contributed by atoms with Gasteiger partial charge in [0.1, 0.15) is 0 Å². The van der Waals surface area contributed by atoms with E-state index in [0.717, 1.165) is 48.2 Å². The number of carbonyl (C=O) groups is 2. The molecular formula is C22H25Cl2N3O2. The number of benzene rings is 2. The Morgan fingerprint density at radius 2 is 1.79 bits per heavy atom. The average molecular weight is 434 g/mol. The molecule has 1 saturated carbocycles. The number of nitrogens with two attached hydrogens (primary N) is 1. The number of hydrogen-bond donors (Lipinski definition) is 2. The van der Waals surface area contributed by atoms with Gasteiger partial charge in [-0.05, 0) is 60.7 Å². The molecule has 0 saturated heterocycles. The summed E-state index contributed by atoms with van der Waals surface area (Å²) in [4.78, 5) is 26.9. The number of anilines is 2. The van der Waals surface area contributed by atoms with Gasteiger partial charge < -0.3 is 16.0 Å². The maximum absolute atomic E-state index is 12.6. The largest absolute Gasteiger partial charge is 0.324 e. The Morgan fingerprint density at radius 3 is 2.48 bits per heavy atom. The van der Waals surface area contributed by atoms with Crippen molar-refractivity contribution >= 4 is 47.2 Å². The van der Waals surface area contributed by atoms with Crippen LogP contribution in [0.1, 0.15) is 43.2 Å². The van der Waals surface area contributed by atoms with E-state index in [-0.39, 0.29) is 24.2 Å². The highest BCUT2D eigenvalue weighted by Crippen LogP contribution is 2.33. The van der Waals surface area contributed by atoms with Crippen molar-refractivity contribution in [1.29, 1.82) is 0 Å². The summed E-state index contributed by atoms with van der Waals surface area (Å²) in [6.07, 6.45) is 4.58. The Bertz CT molecular complexity index is 909. The van der Waals surface area contributed by atoms with Gasteiger partial charge >= 0.3 is 0 Å². The number of nitrogens with zero attached hydrogens (tertiary/aromatic N) is 1. The van der Waals surface area contributed by atoms with Crippen LogP contribution in [0.25, 0.3) is 0 Å². The number of nitrogens with one attached hydrogen (secondary N) is 1. The molecule has 2 amide bonds. The Hall–Kier alpha value is -2.08. The van der Waals surface area contributed by atoms with E-state index in [9.17, 15) is 9.59 Å². The van der Waals surface area contributed by atoms with Crippen molar-refractivity contribution in [2.45, 2.75) is 50.6 Å². The normalized spacial score (nSPS) is 17.4. The van der Waals surface area contributed by atoms with Crippen LogP contribution in [0.5, 0.6) is 0 Å². The summed E-state index contributed by atoms with van der Waals surface area (Å²) in [6.45, 7) is 0.501. The molecule has 0 radical (unpaired) electrons. The SMILES string of the molecule is Cl.NC1(C(=O)Nc2ccc3c(c2)CCC(=O)N3Cc2ccc(Cl)cc2)CCCC1. The van der Waals surface area contributed by atoms with Crippen LogP contribution in [0.2, 0.25) is 5.02 Å². The molecule has 154 valence electrons. The Morgan fingerprint density at radius 1 is 1.10 bits per heavy atom. The summed E-state index contributed by atoms with van der Waals surface area (Å²) in [5, 5.41) is 3.65. The second kappa shape index (κ2) is 8.74. The van der Waals surface area contributed by atoms with Crippen molar-refractivity contribution in [3.05, 3.63) is 58.6 Å². The fraction of sp³-hybridized carbons (Fsp3) is 0.364. The fourth-order valence-corrected chi connectivity index (χ4v) is 4.20. The van der Waals surface area contributed by atoms with Crippen LogP contribution in [-0.4, -0.2) is 17.4 Å². The molecule has 1 heterocycles. The second-order valence-electron chi connectivity index (χ2n) is 7.77. The monoisotopic (exact) mass is 433 g/mol. The van der Waals surface area contributed by atoms with Crippen LogP contribution >= 0.6 is 24.0 Å². The van der Waals surface area contributed by atoms with Crippen LogP contribution in [0.4, 0.5) is 11.4 Å². The highest BCUT2D eigenvalue weighted by Gasteiger charge is 2.37. The average Bonchev–Trinajstić information content (AvgIpc) is 3.14. The maximum atomic E-state index is 12.6. The number of halogens is 2. The summed E-state index contributed by atoms with van der Waals surface area (Å²) >= 11 is 5.96. The first-order chi connectivity index (χ1) is 13.4. The van der Waals surface area contributed by atoms with Gasteiger partial charge in [-0.15, -0.1) is 12.4 Å². The molecule has 1 aliphatic heterocycles. The van der Waals surface area contributed by atoms with Gasteiger partial charge in [0.15, 0.2) is 0 Å². The summed E-state index contributed by atoms with van der Waals surface area (Å²) in [5.41, 5.74) is 9.21. The van der Waals surface area contributed by atoms with Crippen LogP contribution in [0, 0.1) is 0 Å². The van der Waals surface area contributed by atoms with Gasteiger partial charge in [-0.2, -0.15) is 0 Å². The molecule has 0 unspecified atom stereocenters. The Kier molecular flexibility index (Phi) is 6.52. The fourth-order valence-electron chi connectivity index (χ4n) is 4.07. The third-order valence-electron chi connectivity index (χ3n) is 5.74. The van der Waals surface area contributed by atoms with Crippen molar-refractivity contribution < 1.29 is 9.59 Å². The van der Waals surface area contributed by atoms with Gasteiger partial charge in [0.2, 0.25) is 11.8 Å². The molecular weight excluding hydrogens is 409 g/mol. The molecule has 7 heteroatoms. The lowest BCUT2D eigenvalue weighted by Crippen LogP contribution is -2.48. The topological polar surface area (TPSA) is 75.4 Å². The molecule has 0 spiro atoms. The Labute approximate surface area is 182 Å². The molecule has 5 nitrogen and oxygen atoms in total. The minimum absolute atomic E-state index is 0. The smallest absolute Gasteiger partial charge is 0.244 e. The highest BCUT2D eigenvalue weighted by molar-refractivity contribution is 6.30. The summed E-state index contributed by atoms with van der Waals surface area (Å²) in [7, 11) is 0. The van der Waals surface area contributed by atoms with Gasteiger partial charge in [-0.1, -0.05) is 36.6 Å². The molecule has 1 fully saturated rings. The van der Waals surface area contributed by atoms with Crippen molar-refractivity contribution in [3.63, 3.8) is 0 Å². The predicted molar refractivity (Wildman–Crippen MR) is 119 cm³/mol. The molecule has 29 heavy (non-hydrogen) atoms. The van der Waals surface area contributed by atoms with E-state index in [0.29, 0.717) is 24.4 Å². The van der Waals surface area contributed by atoms with E-state index in [1.54, 1.807) is 4.90 Å². The van der Waals surface area contributed by atoms with Gasteiger partial charge in [-0.25, -0.2) is 0 Å². The summed E-state index contributed by atoms with van der Waals surface area (Å²) < 4.78 is 0. The van der Waals surface area contributed by atoms with Crippen LogP contribution in [-0.2, 0) is 22.6 Å².